The molecule has 2 aromatic carbocycles. The summed E-state index contributed by atoms with van der Waals surface area (Å²) >= 11 is 0. The maximum absolute atomic E-state index is 5.93. The third kappa shape index (κ3) is 5.99. The fraction of sp³-hybridized carbons (Fsp3) is 0.480. The van der Waals surface area contributed by atoms with Gasteiger partial charge >= 0.3 is 0 Å². The normalized spacial score (nSPS) is 18.4. The van der Waals surface area contributed by atoms with Crippen molar-refractivity contribution in [2.24, 2.45) is 4.99 Å². The molecular weight excluding hydrogens is 515 g/mol. The molecule has 2 aliphatic rings. The van der Waals surface area contributed by atoms with Gasteiger partial charge < -0.3 is 25.0 Å². The number of benzene rings is 2. The zero-order valence-corrected chi connectivity index (χ0v) is 21.6. The van der Waals surface area contributed by atoms with Gasteiger partial charge in [-0.15, -0.1) is 24.0 Å². The Morgan fingerprint density at radius 2 is 1.94 bits per heavy atom. The van der Waals surface area contributed by atoms with E-state index < -0.39 is 0 Å². The minimum absolute atomic E-state index is 0. The molecule has 0 aromatic heterocycles. The summed E-state index contributed by atoms with van der Waals surface area (Å²) in [5, 5.41) is 7.03. The first-order chi connectivity index (χ1) is 15.2. The van der Waals surface area contributed by atoms with Gasteiger partial charge in [0.15, 0.2) is 5.96 Å². The molecule has 2 aromatic rings. The van der Waals surface area contributed by atoms with Crippen LogP contribution in [-0.4, -0.2) is 44.8 Å². The third-order valence-corrected chi connectivity index (χ3v) is 6.01. The van der Waals surface area contributed by atoms with E-state index in [1.54, 1.807) is 7.11 Å². The number of nitrogens with one attached hydrogen (secondary N) is 2. The smallest absolute Gasteiger partial charge is 0.191 e. The molecule has 0 bridgehead atoms. The van der Waals surface area contributed by atoms with Gasteiger partial charge in [0.25, 0.3) is 0 Å². The minimum atomic E-state index is 0. The monoisotopic (exact) mass is 550 g/mol. The van der Waals surface area contributed by atoms with Crippen molar-refractivity contribution in [2.75, 3.05) is 31.6 Å². The number of guanidine groups is 1. The number of hydrogen-bond donors (Lipinski definition) is 2. The standard InChI is InChI=1S/C25H34N4O2.HI/c1-4-26-25(28-21-10-12-29(13-11-21)22-8-6-5-7-9-22)27-17-20-16-24-19(14-18(2)31-24)15-23(20)30-3;/h5-9,15-16,18,21H,4,10-14,17H2,1-3H3,(H2,26,27,28);1H. The molecule has 1 saturated heterocycles. The van der Waals surface area contributed by atoms with Crippen LogP contribution in [0, 0.1) is 0 Å². The van der Waals surface area contributed by atoms with Crippen LogP contribution in [0.2, 0.25) is 0 Å². The van der Waals surface area contributed by atoms with Crippen LogP contribution in [-0.2, 0) is 13.0 Å². The highest BCUT2D eigenvalue weighted by Crippen LogP contribution is 2.35. The Labute approximate surface area is 208 Å². The highest BCUT2D eigenvalue weighted by molar-refractivity contribution is 14.0. The molecule has 1 unspecified atom stereocenters. The zero-order valence-electron chi connectivity index (χ0n) is 19.3. The van der Waals surface area contributed by atoms with Gasteiger partial charge in [-0.3, -0.25) is 0 Å². The van der Waals surface area contributed by atoms with Gasteiger partial charge in [0.1, 0.15) is 17.6 Å². The van der Waals surface area contributed by atoms with E-state index in [0.29, 0.717) is 12.6 Å². The summed E-state index contributed by atoms with van der Waals surface area (Å²) in [6.07, 6.45) is 3.33. The Morgan fingerprint density at radius 3 is 2.62 bits per heavy atom. The quantitative estimate of drug-likeness (QED) is 0.318. The van der Waals surface area contributed by atoms with Crippen LogP contribution < -0.4 is 25.0 Å². The summed E-state index contributed by atoms with van der Waals surface area (Å²) in [5.41, 5.74) is 3.57. The molecule has 4 rings (SSSR count). The largest absolute Gasteiger partial charge is 0.496 e. The highest BCUT2D eigenvalue weighted by atomic mass is 127. The first-order valence-corrected chi connectivity index (χ1v) is 11.4. The van der Waals surface area contributed by atoms with Gasteiger partial charge in [0.2, 0.25) is 0 Å². The van der Waals surface area contributed by atoms with Crippen LogP contribution >= 0.6 is 24.0 Å². The molecule has 1 fully saturated rings. The van der Waals surface area contributed by atoms with Crippen molar-refractivity contribution < 1.29 is 9.47 Å². The van der Waals surface area contributed by atoms with Crippen molar-refractivity contribution in [1.82, 2.24) is 10.6 Å². The van der Waals surface area contributed by atoms with E-state index in [9.17, 15) is 0 Å². The van der Waals surface area contributed by atoms with E-state index in [1.807, 2.05) is 0 Å². The van der Waals surface area contributed by atoms with Crippen molar-refractivity contribution in [3.8, 4) is 11.5 Å². The fourth-order valence-corrected chi connectivity index (χ4v) is 4.39. The molecule has 0 aliphatic carbocycles. The molecule has 0 spiro atoms. The first kappa shape index (κ1) is 24.5. The van der Waals surface area contributed by atoms with Crippen molar-refractivity contribution >= 4 is 35.6 Å². The number of halogens is 1. The molecule has 1 atom stereocenters. The average molecular weight is 550 g/mol. The molecule has 0 radical (unpaired) electrons. The number of para-hydroxylation sites is 1. The second-order valence-electron chi connectivity index (χ2n) is 8.34. The Balaban J connectivity index is 0.00000289. The Bertz CT molecular complexity index is 898. The lowest BCUT2D eigenvalue weighted by Crippen LogP contribution is -2.48. The predicted octanol–water partition coefficient (Wildman–Crippen LogP) is 4.36. The number of aliphatic imine (C=N–C) groups is 1. The van der Waals surface area contributed by atoms with Gasteiger partial charge in [0, 0.05) is 48.9 Å². The lowest BCUT2D eigenvalue weighted by Gasteiger charge is -2.34. The number of rotatable bonds is 6. The number of piperidine rings is 1. The van der Waals surface area contributed by atoms with E-state index in [1.165, 1.54) is 11.3 Å². The van der Waals surface area contributed by atoms with Crippen LogP contribution in [0.1, 0.15) is 37.8 Å². The summed E-state index contributed by atoms with van der Waals surface area (Å²) in [6, 6.07) is 15.3. The number of fused-ring (bicyclic) bond motifs is 1. The lowest BCUT2D eigenvalue weighted by atomic mass is 10.0. The topological polar surface area (TPSA) is 58.1 Å². The molecule has 6 nitrogen and oxygen atoms in total. The van der Waals surface area contributed by atoms with Gasteiger partial charge in [-0.05, 0) is 51.0 Å². The molecule has 2 heterocycles. The number of anilines is 1. The van der Waals surface area contributed by atoms with E-state index >= 15 is 0 Å². The van der Waals surface area contributed by atoms with Gasteiger partial charge in [0.05, 0.1) is 13.7 Å². The van der Waals surface area contributed by atoms with E-state index in [0.717, 1.165) is 61.9 Å². The van der Waals surface area contributed by atoms with Crippen LogP contribution in [0.4, 0.5) is 5.69 Å². The highest BCUT2D eigenvalue weighted by Gasteiger charge is 2.22. The van der Waals surface area contributed by atoms with Gasteiger partial charge in [-0.2, -0.15) is 0 Å². The molecule has 0 saturated carbocycles. The summed E-state index contributed by atoms with van der Waals surface area (Å²) in [4.78, 5) is 7.31. The molecule has 7 heteroatoms. The average Bonchev–Trinajstić information content (AvgIpc) is 3.16. The summed E-state index contributed by atoms with van der Waals surface area (Å²) in [5.74, 6) is 2.70. The van der Waals surface area contributed by atoms with Crippen molar-refractivity contribution in [1.29, 1.82) is 0 Å². The van der Waals surface area contributed by atoms with E-state index in [2.05, 4.69) is 71.8 Å². The molecule has 174 valence electrons. The summed E-state index contributed by atoms with van der Waals surface area (Å²) < 4.78 is 11.6. The SMILES string of the molecule is CCNC(=NCc1cc2c(cc1OC)CC(C)O2)NC1CCN(c2ccccc2)CC1.I. The van der Waals surface area contributed by atoms with E-state index in [4.69, 9.17) is 14.5 Å². The molecule has 0 amide bonds. The second-order valence-corrected chi connectivity index (χ2v) is 8.34. The van der Waals surface area contributed by atoms with Crippen LogP contribution in [0.5, 0.6) is 11.5 Å². The first-order valence-electron chi connectivity index (χ1n) is 11.4. The summed E-state index contributed by atoms with van der Waals surface area (Å²) in [6.45, 7) is 7.68. The molecule has 32 heavy (non-hydrogen) atoms. The maximum atomic E-state index is 5.93. The maximum Gasteiger partial charge on any atom is 0.191 e. The van der Waals surface area contributed by atoms with Crippen LogP contribution in [0.25, 0.3) is 0 Å². The Morgan fingerprint density at radius 1 is 1.19 bits per heavy atom. The predicted molar refractivity (Wildman–Crippen MR) is 142 cm³/mol. The molecule has 2 aliphatic heterocycles. The fourth-order valence-electron chi connectivity index (χ4n) is 4.39. The number of hydrogen-bond acceptors (Lipinski definition) is 4. The van der Waals surface area contributed by atoms with E-state index in [-0.39, 0.29) is 30.1 Å². The molecular formula is C25H35IN4O2. The lowest BCUT2D eigenvalue weighted by molar-refractivity contribution is 0.254. The Kier molecular flexibility index (Phi) is 8.90. The zero-order chi connectivity index (χ0) is 21.6. The number of methoxy groups -OCH3 is 1. The van der Waals surface area contributed by atoms with Crippen molar-refractivity contribution in [2.45, 2.75) is 51.8 Å². The molecule has 2 N–H and O–H groups in total. The number of nitrogens with zero attached hydrogens (tertiary/aromatic N) is 2. The van der Waals surface area contributed by atoms with Gasteiger partial charge in [-0.25, -0.2) is 4.99 Å². The third-order valence-electron chi connectivity index (χ3n) is 6.01. The minimum Gasteiger partial charge on any atom is -0.496 e. The van der Waals surface area contributed by atoms with Crippen molar-refractivity contribution in [3.63, 3.8) is 0 Å². The second kappa shape index (κ2) is 11.6. The Hall–Kier alpha value is -2.16. The van der Waals surface area contributed by atoms with Crippen LogP contribution in [0.3, 0.4) is 0 Å². The van der Waals surface area contributed by atoms with Crippen molar-refractivity contribution in [3.05, 3.63) is 53.6 Å². The number of ether oxygens (including phenoxy) is 2. The summed E-state index contributed by atoms with van der Waals surface area (Å²) in [7, 11) is 1.72. The van der Waals surface area contributed by atoms with Gasteiger partial charge in [-0.1, -0.05) is 18.2 Å². The van der Waals surface area contributed by atoms with Crippen LogP contribution in [0.15, 0.2) is 47.5 Å².